The minimum Gasteiger partial charge on any atom is -0.388 e. The molecule has 0 aromatic carbocycles. The number of hydrogen-bond donors (Lipinski definition) is 3. The van der Waals surface area contributed by atoms with Gasteiger partial charge in [0.05, 0.1) is 5.60 Å². The number of methoxy groups -OCH3 is 1. The van der Waals surface area contributed by atoms with Crippen molar-refractivity contribution in [3.63, 3.8) is 0 Å². The van der Waals surface area contributed by atoms with E-state index in [9.17, 15) is 5.11 Å². The number of rotatable bonds is 6. The molecule has 4 N–H and O–H groups in total. The molecule has 0 bridgehead atoms. The molecule has 1 rings (SSSR count). The molecule has 17 heavy (non-hydrogen) atoms. The van der Waals surface area contributed by atoms with Crippen LogP contribution in [-0.4, -0.2) is 45.9 Å². The predicted molar refractivity (Wildman–Crippen MR) is 64.9 cm³/mol. The average molecular weight is 262 g/mol. The van der Waals surface area contributed by atoms with Crippen molar-refractivity contribution >= 4 is 23.5 Å². The molecule has 0 amide bonds. The summed E-state index contributed by atoms with van der Waals surface area (Å²) in [5.41, 5.74) is 4.48. The number of aromatic nitrogens is 3. The van der Waals surface area contributed by atoms with E-state index < -0.39 is 5.60 Å². The van der Waals surface area contributed by atoms with E-state index in [4.69, 9.17) is 22.1 Å². The van der Waals surface area contributed by atoms with Crippen LogP contribution in [0.3, 0.4) is 0 Å². The molecule has 0 fully saturated rings. The number of hydrogen-bond acceptors (Lipinski definition) is 7. The van der Waals surface area contributed by atoms with Crippen LogP contribution in [-0.2, 0) is 4.74 Å². The molecule has 0 aliphatic rings. The highest BCUT2D eigenvalue weighted by Gasteiger charge is 2.20. The van der Waals surface area contributed by atoms with Crippen LogP contribution in [0, 0.1) is 0 Å². The summed E-state index contributed by atoms with van der Waals surface area (Å²) in [5.74, 6) is 0.268. The van der Waals surface area contributed by atoms with E-state index in [2.05, 4.69) is 20.3 Å². The SMILES string of the molecule is COCCC(C)(O)CNc1nc(N)nc(Cl)n1. The molecule has 8 heteroatoms. The molecule has 0 saturated carbocycles. The van der Waals surface area contributed by atoms with Crippen molar-refractivity contribution < 1.29 is 9.84 Å². The van der Waals surface area contributed by atoms with Gasteiger partial charge in [0.15, 0.2) is 0 Å². The largest absolute Gasteiger partial charge is 0.388 e. The van der Waals surface area contributed by atoms with Gasteiger partial charge in [-0.2, -0.15) is 15.0 Å². The Hall–Kier alpha value is -1.18. The van der Waals surface area contributed by atoms with Gasteiger partial charge in [-0.15, -0.1) is 0 Å². The van der Waals surface area contributed by atoms with Crippen LogP contribution >= 0.6 is 11.6 Å². The Balaban J connectivity index is 2.54. The maximum absolute atomic E-state index is 9.97. The first kappa shape index (κ1) is 13.9. The van der Waals surface area contributed by atoms with E-state index in [0.717, 1.165) is 0 Å². The van der Waals surface area contributed by atoms with Crippen molar-refractivity contribution in [1.29, 1.82) is 0 Å². The van der Waals surface area contributed by atoms with Crippen LogP contribution in [0.5, 0.6) is 0 Å². The fraction of sp³-hybridized carbons (Fsp3) is 0.667. The Labute approximate surface area is 104 Å². The van der Waals surface area contributed by atoms with Crippen molar-refractivity contribution in [2.75, 3.05) is 31.3 Å². The van der Waals surface area contributed by atoms with E-state index in [1.165, 1.54) is 0 Å². The lowest BCUT2D eigenvalue weighted by Gasteiger charge is -2.23. The van der Waals surface area contributed by atoms with Gasteiger partial charge < -0.3 is 20.9 Å². The Kier molecular flexibility index (Phi) is 4.86. The molecule has 0 aliphatic heterocycles. The van der Waals surface area contributed by atoms with E-state index in [-0.39, 0.29) is 23.7 Å². The highest BCUT2D eigenvalue weighted by atomic mass is 35.5. The first-order chi connectivity index (χ1) is 7.93. The third kappa shape index (κ3) is 5.12. The summed E-state index contributed by atoms with van der Waals surface area (Å²) in [4.78, 5) is 11.3. The smallest absolute Gasteiger partial charge is 0.228 e. The molecule has 0 aliphatic carbocycles. The summed E-state index contributed by atoms with van der Waals surface area (Å²) < 4.78 is 4.90. The Bertz CT molecular complexity index is 354. The zero-order chi connectivity index (χ0) is 12.9. The van der Waals surface area contributed by atoms with Gasteiger partial charge in [0.1, 0.15) is 0 Å². The number of halogens is 1. The monoisotopic (exact) mass is 261 g/mol. The standard InChI is InChI=1S/C9H16ClN5O2/c1-9(16,3-4-17-2)5-12-8-14-6(10)13-7(11)15-8/h16H,3-5H2,1-2H3,(H3,11,12,13,14,15). The number of aliphatic hydroxyl groups is 1. The van der Waals surface area contributed by atoms with Crippen LogP contribution < -0.4 is 11.1 Å². The summed E-state index contributed by atoms with van der Waals surface area (Å²) in [6.45, 7) is 2.41. The maximum atomic E-state index is 9.97. The molecule has 1 aromatic heterocycles. The summed E-state index contributed by atoms with van der Waals surface area (Å²) in [5, 5.41) is 12.8. The van der Waals surface area contributed by atoms with Gasteiger partial charge in [-0.05, 0) is 18.5 Å². The minimum atomic E-state index is -0.927. The molecule has 0 spiro atoms. The summed E-state index contributed by atoms with van der Waals surface area (Å²) in [6.07, 6.45) is 0.491. The van der Waals surface area contributed by atoms with Crippen LogP contribution in [0.15, 0.2) is 0 Å². The normalized spacial score (nSPS) is 14.4. The van der Waals surface area contributed by atoms with Crippen molar-refractivity contribution in [3.05, 3.63) is 5.28 Å². The molecule has 1 unspecified atom stereocenters. The lowest BCUT2D eigenvalue weighted by molar-refractivity contribution is 0.0356. The van der Waals surface area contributed by atoms with E-state index in [1.54, 1.807) is 14.0 Å². The molecule has 1 aromatic rings. The van der Waals surface area contributed by atoms with Crippen molar-refractivity contribution in [2.45, 2.75) is 18.9 Å². The van der Waals surface area contributed by atoms with E-state index in [1.807, 2.05) is 0 Å². The number of nitrogens with zero attached hydrogens (tertiary/aromatic N) is 3. The fourth-order valence-corrected chi connectivity index (χ4v) is 1.29. The van der Waals surface area contributed by atoms with E-state index >= 15 is 0 Å². The van der Waals surface area contributed by atoms with Crippen molar-refractivity contribution in [3.8, 4) is 0 Å². The van der Waals surface area contributed by atoms with Gasteiger partial charge in [-0.3, -0.25) is 0 Å². The van der Waals surface area contributed by atoms with Gasteiger partial charge >= 0.3 is 0 Å². The molecule has 7 nitrogen and oxygen atoms in total. The van der Waals surface area contributed by atoms with Gasteiger partial charge in [-0.25, -0.2) is 0 Å². The molecular weight excluding hydrogens is 246 g/mol. The third-order valence-corrected chi connectivity index (χ3v) is 2.27. The second-order valence-corrected chi connectivity index (χ2v) is 4.22. The number of ether oxygens (including phenoxy) is 1. The molecule has 1 atom stereocenters. The van der Waals surface area contributed by atoms with E-state index in [0.29, 0.717) is 13.0 Å². The molecule has 1 heterocycles. The number of nitrogen functional groups attached to an aromatic ring is 1. The lowest BCUT2D eigenvalue weighted by Crippen LogP contribution is -2.35. The Morgan fingerprint density at radius 2 is 2.18 bits per heavy atom. The number of anilines is 2. The first-order valence-electron chi connectivity index (χ1n) is 5.05. The lowest BCUT2D eigenvalue weighted by atomic mass is 10.0. The van der Waals surface area contributed by atoms with Crippen molar-refractivity contribution in [2.24, 2.45) is 0 Å². The maximum Gasteiger partial charge on any atom is 0.228 e. The first-order valence-corrected chi connectivity index (χ1v) is 5.43. The molecule has 0 radical (unpaired) electrons. The Morgan fingerprint density at radius 1 is 1.47 bits per heavy atom. The topological polar surface area (TPSA) is 106 Å². The second kappa shape index (κ2) is 5.95. The van der Waals surface area contributed by atoms with Gasteiger partial charge in [0, 0.05) is 26.7 Å². The molecule has 0 saturated heterocycles. The summed E-state index contributed by atoms with van der Waals surface area (Å²) in [6, 6.07) is 0. The average Bonchev–Trinajstić information content (AvgIpc) is 2.23. The zero-order valence-corrected chi connectivity index (χ0v) is 10.5. The number of nitrogens with one attached hydrogen (secondary N) is 1. The zero-order valence-electron chi connectivity index (χ0n) is 9.77. The highest BCUT2D eigenvalue weighted by Crippen LogP contribution is 2.12. The van der Waals surface area contributed by atoms with Crippen LogP contribution in [0.1, 0.15) is 13.3 Å². The number of nitrogens with two attached hydrogens (primary N) is 1. The third-order valence-electron chi connectivity index (χ3n) is 2.10. The van der Waals surface area contributed by atoms with Gasteiger partial charge in [0.25, 0.3) is 0 Å². The van der Waals surface area contributed by atoms with Crippen LogP contribution in [0.2, 0.25) is 5.28 Å². The van der Waals surface area contributed by atoms with Crippen LogP contribution in [0.25, 0.3) is 0 Å². The molecule has 96 valence electrons. The fourth-order valence-electron chi connectivity index (χ4n) is 1.12. The summed E-state index contributed by atoms with van der Waals surface area (Å²) in [7, 11) is 1.58. The Morgan fingerprint density at radius 3 is 2.76 bits per heavy atom. The quantitative estimate of drug-likeness (QED) is 0.676. The second-order valence-electron chi connectivity index (χ2n) is 3.88. The van der Waals surface area contributed by atoms with Crippen molar-refractivity contribution in [1.82, 2.24) is 15.0 Å². The van der Waals surface area contributed by atoms with Crippen LogP contribution in [0.4, 0.5) is 11.9 Å². The summed E-state index contributed by atoms with van der Waals surface area (Å²) >= 11 is 5.62. The van der Waals surface area contributed by atoms with Gasteiger partial charge in [-0.1, -0.05) is 0 Å². The minimum absolute atomic E-state index is 0.0107. The van der Waals surface area contributed by atoms with Gasteiger partial charge in [0.2, 0.25) is 17.2 Å². The molecular formula is C9H16ClN5O2. The predicted octanol–water partition coefficient (Wildman–Crippen LogP) is 0.307. The highest BCUT2D eigenvalue weighted by molar-refractivity contribution is 6.28.